The molecule has 0 amide bonds. The van der Waals surface area contributed by atoms with Gasteiger partial charge in [0.25, 0.3) is 10.0 Å². The average Bonchev–Trinajstić information content (AvgIpc) is 2.72. The Hall–Kier alpha value is -2.22. The number of rotatable bonds is 5. The van der Waals surface area contributed by atoms with E-state index in [1.54, 1.807) is 12.3 Å². The molecule has 0 bridgehead atoms. The van der Waals surface area contributed by atoms with Crippen molar-refractivity contribution in [1.29, 1.82) is 0 Å². The van der Waals surface area contributed by atoms with Crippen LogP contribution in [-0.2, 0) is 10.0 Å². The first kappa shape index (κ1) is 22.0. The Morgan fingerprint density at radius 2 is 1.55 bits per heavy atom. The normalized spacial score (nSPS) is 11.5. The van der Waals surface area contributed by atoms with E-state index in [1.165, 1.54) is 30.3 Å². The van der Waals surface area contributed by atoms with Crippen LogP contribution in [0.5, 0.6) is 11.5 Å². The zero-order valence-corrected chi connectivity index (χ0v) is 19.3. The summed E-state index contributed by atoms with van der Waals surface area (Å²) in [4.78, 5) is 4.16. The summed E-state index contributed by atoms with van der Waals surface area (Å²) in [6, 6.07) is 16.4. The van der Waals surface area contributed by atoms with Gasteiger partial charge in [0.15, 0.2) is 5.75 Å². The Bertz CT molecular complexity index is 1390. The van der Waals surface area contributed by atoms with Gasteiger partial charge >= 0.3 is 0 Å². The molecule has 158 valence electrons. The van der Waals surface area contributed by atoms with Gasteiger partial charge in [0, 0.05) is 5.39 Å². The third-order valence-corrected chi connectivity index (χ3v) is 7.16. The first-order chi connectivity index (χ1) is 14.7. The number of ether oxygens (including phenoxy) is 1. The summed E-state index contributed by atoms with van der Waals surface area (Å²) >= 11 is 24.6. The fourth-order valence-corrected chi connectivity index (χ4v) is 5.21. The summed E-state index contributed by atoms with van der Waals surface area (Å²) in [6.07, 6.45) is 1.55. The van der Waals surface area contributed by atoms with Crippen LogP contribution >= 0.6 is 46.4 Å². The molecular weight excluding hydrogens is 502 g/mol. The molecule has 0 aliphatic carbocycles. The lowest BCUT2D eigenvalue weighted by atomic mass is 10.2. The number of nitrogens with zero attached hydrogens (tertiary/aromatic N) is 1. The van der Waals surface area contributed by atoms with Gasteiger partial charge in [0.1, 0.15) is 10.6 Å². The molecule has 5 nitrogen and oxygen atoms in total. The summed E-state index contributed by atoms with van der Waals surface area (Å²) in [5.41, 5.74) is 0.950. The number of pyridine rings is 1. The van der Waals surface area contributed by atoms with Crippen molar-refractivity contribution in [3.8, 4) is 11.5 Å². The van der Waals surface area contributed by atoms with E-state index in [1.807, 2.05) is 24.3 Å². The van der Waals surface area contributed by atoms with E-state index in [0.717, 1.165) is 10.9 Å². The molecular formula is C21H12Cl4N2O3S. The van der Waals surface area contributed by atoms with Crippen LogP contribution in [0.2, 0.25) is 20.1 Å². The lowest BCUT2D eigenvalue weighted by Gasteiger charge is -2.14. The number of fused-ring (bicyclic) bond motifs is 1. The minimum Gasteiger partial charge on any atom is -0.453 e. The second-order valence-electron chi connectivity index (χ2n) is 6.39. The highest BCUT2D eigenvalue weighted by atomic mass is 35.5. The van der Waals surface area contributed by atoms with Gasteiger partial charge in [-0.2, -0.15) is 0 Å². The molecule has 31 heavy (non-hydrogen) atoms. The smallest absolute Gasteiger partial charge is 0.263 e. The van der Waals surface area contributed by atoms with Crippen LogP contribution in [-0.4, -0.2) is 13.4 Å². The summed E-state index contributed by atoms with van der Waals surface area (Å²) in [6.45, 7) is 0. The molecule has 4 rings (SSSR count). The van der Waals surface area contributed by atoms with Crippen molar-refractivity contribution >= 4 is 73.0 Å². The SMILES string of the molecule is O=S(=O)(Nc1cc(Cl)c(Oc2cnc3ccccc3c2)c(Cl)c1)c1cccc(Cl)c1Cl. The number of hydrogen-bond acceptors (Lipinski definition) is 4. The largest absolute Gasteiger partial charge is 0.453 e. The highest BCUT2D eigenvalue weighted by Crippen LogP contribution is 2.40. The Morgan fingerprint density at radius 3 is 2.29 bits per heavy atom. The van der Waals surface area contributed by atoms with Crippen molar-refractivity contribution in [3.05, 3.63) is 87.0 Å². The molecule has 10 heteroatoms. The molecule has 0 fully saturated rings. The molecule has 3 aromatic carbocycles. The first-order valence-corrected chi connectivity index (χ1v) is 11.7. The monoisotopic (exact) mass is 512 g/mol. The maximum atomic E-state index is 12.7. The van der Waals surface area contributed by atoms with E-state index in [-0.39, 0.29) is 36.4 Å². The molecule has 4 aromatic rings. The molecule has 1 N–H and O–H groups in total. The number of aromatic nitrogens is 1. The van der Waals surface area contributed by atoms with Crippen molar-refractivity contribution < 1.29 is 13.2 Å². The third-order valence-electron chi connectivity index (χ3n) is 4.24. The van der Waals surface area contributed by atoms with Crippen LogP contribution in [0.3, 0.4) is 0 Å². The molecule has 0 spiro atoms. The van der Waals surface area contributed by atoms with Crippen LogP contribution in [0.25, 0.3) is 10.9 Å². The number of benzene rings is 3. The van der Waals surface area contributed by atoms with Crippen molar-refractivity contribution in [2.45, 2.75) is 4.90 Å². The number of anilines is 1. The van der Waals surface area contributed by atoms with Gasteiger partial charge in [0.05, 0.1) is 37.5 Å². The fourth-order valence-electron chi connectivity index (χ4n) is 2.84. The maximum absolute atomic E-state index is 12.7. The van der Waals surface area contributed by atoms with Crippen molar-refractivity contribution in [3.63, 3.8) is 0 Å². The Kier molecular flexibility index (Phi) is 6.19. The van der Waals surface area contributed by atoms with E-state index < -0.39 is 10.0 Å². The van der Waals surface area contributed by atoms with E-state index in [0.29, 0.717) is 5.75 Å². The fraction of sp³-hybridized carbons (Fsp3) is 0. The maximum Gasteiger partial charge on any atom is 0.263 e. The van der Waals surface area contributed by atoms with Gasteiger partial charge in [-0.15, -0.1) is 0 Å². The van der Waals surface area contributed by atoms with E-state index in [9.17, 15) is 8.42 Å². The minimum atomic E-state index is -4.03. The van der Waals surface area contributed by atoms with Gasteiger partial charge in [-0.1, -0.05) is 70.7 Å². The molecule has 1 heterocycles. The third kappa shape index (κ3) is 4.68. The molecule has 0 saturated carbocycles. The van der Waals surface area contributed by atoms with Gasteiger partial charge in [-0.05, 0) is 36.4 Å². The van der Waals surface area contributed by atoms with Crippen molar-refractivity contribution in [1.82, 2.24) is 4.98 Å². The molecule has 0 saturated heterocycles. The standard InChI is InChI=1S/C21H12Cl4N2O3S/c22-15-5-3-7-19(20(15)25)31(28,29)27-13-9-16(23)21(17(24)10-13)30-14-8-12-4-1-2-6-18(12)26-11-14/h1-11,27H. The van der Waals surface area contributed by atoms with Gasteiger partial charge in [0.2, 0.25) is 0 Å². The van der Waals surface area contributed by atoms with Gasteiger partial charge in [-0.25, -0.2) is 8.42 Å². The van der Waals surface area contributed by atoms with E-state index in [4.69, 9.17) is 51.1 Å². The highest BCUT2D eigenvalue weighted by Gasteiger charge is 2.21. The Labute approximate surface area is 198 Å². The Balaban J connectivity index is 1.63. The molecule has 0 radical (unpaired) electrons. The minimum absolute atomic E-state index is 0.0855. The van der Waals surface area contributed by atoms with E-state index >= 15 is 0 Å². The Morgan fingerprint density at radius 1 is 0.839 bits per heavy atom. The van der Waals surface area contributed by atoms with Crippen LogP contribution < -0.4 is 9.46 Å². The number of para-hydroxylation sites is 1. The quantitative estimate of drug-likeness (QED) is 0.301. The lowest BCUT2D eigenvalue weighted by Crippen LogP contribution is -2.13. The van der Waals surface area contributed by atoms with Gasteiger partial charge < -0.3 is 4.74 Å². The van der Waals surface area contributed by atoms with Crippen molar-refractivity contribution in [2.75, 3.05) is 4.72 Å². The zero-order valence-electron chi connectivity index (χ0n) is 15.4. The predicted octanol–water partition coefficient (Wildman–Crippen LogP) is 7.44. The summed E-state index contributed by atoms with van der Waals surface area (Å²) in [5.74, 6) is 0.602. The number of nitrogens with one attached hydrogen (secondary N) is 1. The number of hydrogen-bond donors (Lipinski definition) is 1. The van der Waals surface area contributed by atoms with Crippen LogP contribution in [0.4, 0.5) is 5.69 Å². The summed E-state index contributed by atoms with van der Waals surface area (Å²) in [5, 5.41) is 1.13. The lowest BCUT2D eigenvalue weighted by molar-refractivity contribution is 0.482. The average molecular weight is 514 g/mol. The number of sulfonamides is 1. The summed E-state index contributed by atoms with van der Waals surface area (Å²) < 4.78 is 33.6. The molecule has 0 aliphatic heterocycles. The van der Waals surface area contributed by atoms with Crippen LogP contribution in [0, 0.1) is 0 Å². The number of halogens is 4. The highest BCUT2D eigenvalue weighted by molar-refractivity contribution is 7.92. The van der Waals surface area contributed by atoms with Crippen LogP contribution in [0.15, 0.2) is 71.8 Å². The van der Waals surface area contributed by atoms with Gasteiger partial charge in [-0.3, -0.25) is 9.71 Å². The van der Waals surface area contributed by atoms with Crippen molar-refractivity contribution in [2.24, 2.45) is 0 Å². The molecule has 1 aromatic heterocycles. The van der Waals surface area contributed by atoms with E-state index in [2.05, 4.69) is 9.71 Å². The molecule has 0 aliphatic rings. The second kappa shape index (κ2) is 8.73. The molecule has 0 unspecified atom stereocenters. The van der Waals surface area contributed by atoms with Crippen LogP contribution in [0.1, 0.15) is 0 Å². The molecule has 0 atom stereocenters. The second-order valence-corrected chi connectivity index (χ2v) is 9.64. The predicted molar refractivity (Wildman–Crippen MR) is 126 cm³/mol. The topological polar surface area (TPSA) is 68.3 Å². The first-order valence-electron chi connectivity index (χ1n) is 8.73. The zero-order chi connectivity index (χ0) is 22.2. The summed E-state index contributed by atoms with van der Waals surface area (Å²) in [7, 11) is -4.03.